The molecule has 0 N–H and O–H groups in total. The molecular weight excluding hydrogens is 268 g/mol. The Morgan fingerprint density at radius 1 is 0.900 bits per heavy atom. The lowest BCUT2D eigenvalue weighted by molar-refractivity contribution is 0.495. The van der Waals surface area contributed by atoms with Crippen LogP contribution < -0.4 is 0 Å². The topological polar surface area (TPSA) is 0 Å². The quantitative estimate of drug-likeness (QED) is 0.593. The van der Waals surface area contributed by atoms with Gasteiger partial charge in [-0.2, -0.15) is 0 Å². The molecule has 3 rings (SSSR count). The van der Waals surface area contributed by atoms with E-state index in [9.17, 15) is 17.6 Å². The molecule has 0 aliphatic heterocycles. The number of aryl methyl sites for hydroxylation is 1. The summed E-state index contributed by atoms with van der Waals surface area (Å²) < 4.78 is 55.4. The van der Waals surface area contributed by atoms with Gasteiger partial charge in [-0.15, -0.1) is 0 Å². The fraction of sp³-hybridized carbons (Fsp3) is 0.250. The van der Waals surface area contributed by atoms with Crippen molar-refractivity contribution in [2.45, 2.75) is 26.2 Å². The molecule has 0 spiro atoms. The fourth-order valence-electron chi connectivity index (χ4n) is 2.81. The Bertz CT molecular complexity index is 704. The summed E-state index contributed by atoms with van der Waals surface area (Å²) in [5.74, 6) is -4.19. The van der Waals surface area contributed by atoms with Crippen LogP contribution in [0.4, 0.5) is 17.6 Å². The molecule has 0 amide bonds. The Balaban J connectivity index is 2.28. The summed E-state index contributed by atoms with van der Waals surface area (Å²) in [6.07, 6.45) is 1.41. The predicted molar refractivity (Wildman–Crippen MR) is 68.5 cm³/mol. The Morgan fingerprint density at radius 2 is 1.60 bits per heavy atom. The van der Waals surface area contributed by atoms with Gasteiger partial charge in [0.1, 0.15) is 0 Å². The van der Waals surface area contributed by atoms with E-state index in [-0.39, 0.29) is 16.7 Å². The van der Waals surface area contributed by atoms with Gasteiger partial charge in [0.15, 0.2) is 23.3 Å². The fourth-order valence-corrected chi connectivity index (χ4v) is 2.81. The maximum absolute atomic E-state index is 14.2. The molecule has 0 unspecified atom stereocenters. The minimum absolute atomic E-state index is 0.130. The molecule has 0 nitrogen and oxygen atoms in total. The first-order chi connectivity index (χ1) is 9.54. The van der Waals surface area contributed by atoms with Crippen LogP contribution in [0.2, 0.25) is 0 Å². The van der Waals surface area contributed by atoms with Gasteiger partial charge in [-0.1, -0.05) is 25.5 Å². The van der Waals surface area contributed by atoms with Crippen molar-refractivity contribution in [2.75, 3.05) is 0 Å². The SMILES string of the molecule is CCCc1cc2c(c(F)c1F)-c1c(ccc(F)c1F)C2. The third-order valence-corrected chi connectivity index (χ3v) is 3.70. The van der Waals surface area contributed by atoms with Crippen LogP contribution in [0.1, 0.15) is 30.0 Å². The van der Waals surface area contributed by atoms with Crippen molar-refractivity contribution >= 4 is 0 Å². The summed E-state index contributed by atoms with van der Waals surface area (Å²) in [6.45, 7) is 1.87. The number of hydrogen-bond donors (Lipinski definition) is 0. The first-order valence-electron chi connectivity index (χ1n) is 6.51. The van der Waals surface area contributed by atoms with Gasteiger partial charge < -0.3 is 0 Å². The van der Waals surface area contributed by atoms with Crippen LogP contribution >= 0.6 is 0 Å². The highest BCUT2D eigenvalue weighted by Gasteiger charge is 2.30. The van der Waals surface area contributed by atoms with Crippen LogP contribution in [0.3, 0.4) is 0 Å². The third kappa shape index (κ3) is 1.74. The van der Waals surface area contributed by atoms with Crippen molar-refractivity contribution in [2.24, 2.45) is 0 Å². The van der Waals surface area contributed by atoms with Crippen molar-refractivity contribution < 1.29 is 17.6 Å². The first-order valence-corrected chi connectivity index (χ1v) is 6.51. The molecule has 1 aliphatic rings. The van der Waals surface area contributed by atoms with E-state index in [1.807, 2.05) is 6.92 Å². The van der Waals surface area contributed by atoms with E-state index in [1.54, 1.807) is 6.07 Å². The monoisotopic (exact) mass is 280 g/mol. The Kier molecular flexibility index (Phi) is 3.04. The molecule has 2 aromatic rings. The van der Waals surface area contributed by atoms with E-state index >= 15 is 0 Å². The highest BCUT2D eigenvalue weighted by Crippen LogP contribution is 2.42. The molecule has 0 heterocycles. The molecule has 4 heteroatoms. The number of benzene rings is 2. The zero-order valence-electron chi connectivity index (χ0n) is 10.9. The van der Waals surface area contributed by atoms with Crippen LogP contribution in [-0.4, -0.2) is 0 Å². The van der Waals surface area contributed by atoms with Crippen molar-refractivity contribution in [3.05, 3.63) is 58.2 Å². The number of halogens is 4. The lowest BCUT2D eigenvalue weighted by atomic mass is 9.99. The zero-order valence-corrected chi connectivity index (χ0v) is 10.9. The highest BCUT2D eigenvalue weighted by molar-refractivity contribution is 5.78. The number of rotatable bonds is 2. The molecule has 0 atom stereocenters. The van der Waals surface area contributed by atoms with Crippen molar-refractivity contribution in [3.8, 4) is 11.1 Å². The second kappa shape index (κ2) is 4.62. The van der Waals surface area contributed by atoms with Gasteiger partial charge in [0, 0.05) is 11.1 Å². The molecule has 0 saturated heterocycles. The summed E-state index contributed by atoms with van der Waals surface area (Å²) in [4.78, 5) is 0. The molecule has 0 bridgehead atoms. The van der Waals surface area contributed by atoms with Gasteiger partial charge in [0.05, 0.1) is 0 Å². The van der Waals surface area contributed by atoms with Crippen molar-refractivity contribution in [1.29, 1.82) is 0 Å². The van der Waals surface area contributed by atoms with E-state index in [2.05, 4.69) is 0 Å². The molecule has 104 valence electrons. The molecule has 0 aromatic heterocycles. The summed E-state index contributed by atoms with van der Waals surface area (Å²) in [5.41, 5.74) is 1.03. The lowest BCUT2D eigenvalue weighted by Gasteiger charge is -2.09. The number of hydrogen-bond acceptors (Lipinski definition) is 0. The summed E-state index contributed by atoms with van der Waals surface area (Å²) in [7, 11) is 0. The maximum Gasteiger partial charge on any atom is 0.167 e. The van der Waals surface area contributed by atoms with Crippen LogP contribution in [0.5, 0.6) is 0 Å². The molecule has 0 fully saturated rings. The average molecular weight is 280 g/mol. The van der Waals surface area contributed by atoms with E-state index in [0.29, 0.717) is 30.4 Å². The second-order valence-electron chi connectivity index (χ2n) is 5.02. The van der Waals surface area contributed by atoms with Crippen molar-refractivity contribution in [1.82, 2.24) is 0 Å². The minimum atomic E-state index is -1.11. The average Bonchev–Trinajstić information content (AvgIpc) is 2.79. The largest absolute Gasteiger partial charge is 0.204 e. The summed E-state index contributed by atoms with van der Waals surface area (Å²) >= 11 is 0. The molecule has 20 heavy (non-hydrogen) atoms. The predicted octanol–water partition coefficient (Wildman–Crippen LogP) is 4.77. The van der Waals surface area contributed by atoms with E-state index in [0.717, 1.165) is 6.07 Å². The van der Waals surface area contributed by atoms with Crippen LogP contribution in [0.25, 0.3) is 11.1 Å². The maximum atomic E-state index is 14.2. The van der Waals surface area contributed by atoms with Crippen LogP contribution in [-0.2, 0) is 12.8 Å². The highest BCUT2D eigenvalue weighted by atomic mass is 19.2. The van der Waals surface area contributed by atoms with Gasteiger partial charge in [-0.05, 0) is 35.6 Å². The van der Waals surface area contributed by atoms with Gasteiger partial charge in [-0.25, -0.2) is 17.6 Å². The number of fused-ring (bicyclic) bond motifs is 3. The van der Waals surface area contributed by atoms with Gasteiger partial charge in [0.2, 0.25) is 0 Å². The smallest absolute Gasteiger partial charge is 0.167 e. The Hall–Kier alpha value is -1.84. The molecule has 2 aromatic carbocycles. The first kappa shape index (κ1) is 13.2. The summed E-state index contributed by atoms with van der Waals surface area (Å²) in [5, 5.41) is 0. The van der Waals surface area contributed by atoms with Crippen LogP contribution in [0.15, 0.2) is 18.2 Å². The second-order valence-corrected chi connectivity index (χ2v) is 5.02. The lowest BCUT2D eigenvalue weighted by Crippen LogP contribution is -1.99. The molecular formula is C16H12F4. The van der Waals surface area contributed by atoms with Gasteiger partial charge in [-0.3, -0.25) is 0 Å². The Labute approximate surface area is 114 Å². The standard InChI is InChI=1S/C16H12F4/c1-2-3-9-7-10-6-8-4-5-11(17)15(19)12(8)13(10)16(20)14(9)18/h4-5,7H,2-3,6H2,1H3. The van der Waals surface area contributed by atoms with Crippen LogP contribution in [0, 0.1) is 23.3 Å². The minimum Gasteiger partial charge on any atom is -0.204 e. The van der Waals surface area contributed by atoms with Gasteiger partial charge in [0.25, 0.3) is 0 Å². The van der Waals surface area contributed by atoms with Gasteiger partial charge >= 0.3 is 0 Å². The van der Waals surface area contributed by atoms with E-state index in [1.165, 1.54) is 6.07 Å². The molecule has 0 radical (unpaired) electrons. The zero-order chi connectivity index (χ0) is 14.4. The molecule has 0 saturated carbocycles. The Morgan fingerprint density at radius 3 is 2.30 bits per heavy atom. The summed E-state index contributed by atoms with van der Waals surface area (Å²) in [6, 6.07) is 4.00. The van der Waals surface area contributed by atoms with E-state index < -0.39 is 23.3 Å². The third-order valence-electron chi connectivity index (χ3n) is 3.70. The normalized spacial score (nSPS) is 12.4. The van der Waals surface area contributed by atoms with E-state index in [4.69, 9.17) is 0 Å². The molecule has 1 aliphatic carbocycles. The van der Waals surface area contributed by atoms with Crippen molar-refractivity contribution in [3.63, 3.8) is 0 Å².